The molecule has 2 N–H and O–H groups in total. The Morgan fingerprint density at radius 1 is 1.42 bits per heavy atom. The maximum Gasteiger partial charge on any atom is 0.247 e. The number of phenols is 1. The van der Waals surface area contributed by atoms with Crippen LogP contribution in [0.5, 0.6) is 5.75 Å². The number of aromatic hydroxyl groups is 1. The molecule has 0 saturated carbocycles. The molecule has 1 saturated heterocycles. The topological polar surface area (TPSA) is 69.6 Å². The van der Waals surface area contributed by atoms with Crippen LogP contribution >= 0.6 is 0 Å². The number of hydrogen-bond acceptors (Lipinski definition) is 3. The number of phenolic OH excluding ortho intramolecular Hbond substituents is 1. The van der Waals surface area contributed by atoms with Crippen LogP contribution in [-0.4, -0.2) is 41.0 Å². The molecule has 0 aliphatic carbocycles. The van der Waals surface area contributed by atoms with Crippen LogP contribution in [0.25, 0.3) is 6.08 Å². The van der Waals surface area contributed by atoms with Crippen molar-refractivity contribution in [3.05, 3.63) is 35.9 Å². The first-order valence-electron chi connectivity index (χ1n) is 6.13. The summed E-state index contributed by atoms with van der Waals surface area (Å²) in [6.07, 6.45) is 3.11. The van der Waals surface area contributed by atoms with Crippen LogP contribution in [0.1, 0.15) is 12.5 Å². The molecule has 1 fully saturated rings. The number of nitrogens with one attached hydrogen (secondary N) is 1. The van der Waals surface area contributed by atoms with E-state index in [0.29, 0.717) is 13.1 Å². The zero-order chi connectivity index (χ0) is 13.8. The summed E-state index contributed by atoms with van der Waals surface area (Å²) in [5.74, 6) is -0.127. The van der Waals surface area contributed by atoms with E-state index in [4.69, 9.17) is 5.11 Å². The molecule has 100 valence electrons. The first-order chi connectivity index (χ1) is 9.08. The van der Waals surface area contributed by atoms with Crippen LogP contribution in [0.2, 0.25) is 0 Å². The minimum Gasteiger partial charge on any atom is -0.508 e. The molecule has 1 atom stereocenters. The summed E-state index contributed by atoms with van der Waals surface area (Å²) in [4.78, 5) is 25.0. The van der Waals surface area contributed by atoms with Gasteiger partial charge in [0.1, 0.15) is 11.8 Å². The summed E-state index contributed by atoms with van der Waals surface area (Å²) >= 11 is 0. The quantitative estimate of drug-likeness (QED) is 0.771. The lowest BCUT2D eigenvalue weighted by molar-refractivity contribution is -0.139. The van der Waals surface area contributed by atoms with Crippen molar-refractivity contribution < 1.29 is 14.7 Å². The number of carbonyl (C=O) groups excluding carboxylic acids is 2. The molecular weight excluding hydrogens is 244 g/mol. The second-order valence-electron chi connectivity index (χ2n) is 4.42. The summed E-state index contributed by atoms with van der Waals surface area (Å²) in [7, 11) is 0. The largest absolute Gasteiger partial charge is 0.508 e. The van der Waals surface area contributed by atoms with E-state index >= 15 is 0 Å². The fourth-order valence-electron chi connectivity index (χ4n) is 1.93. The zero-order valence-corrected chi connectivity index (χ0v) is 10.7. The molecule has 1 heterocycles. The number of carbonyl (C=O) groups is 2. The van der Waals surface area contributed by atoms with E-state index in [1.54, 1.807) is 37.3 Å². The predicted molar refractivity (Wildman–Crippen MR) is 71.3 cm³/mol. The fourth-order valence-corrected chi connectivity index (χ4v) is 1.93. The number of hydrogen-bond donors (Lipinski definition) is 2. The van der Waals surface area contributed by atoms with Crippen LogP contribution in [0.4, 0.5) is 0 Å². The van der Waals surface area contributed by atoms with Gasteiger partial charge in [-0.1, -0.05) is 12.1 Å². The second kappa shape index (κ2) is 5.56. The van der Waals surface area contributed by atoms with Gasteiger partial charge in [-0.25, -0.2) is 0 Å². The lowest BCUT2D eigenvalue weighted by atomic mass is 10.1. The van der Waals surface area contributed by atoms with Crippen LogP contribution in [0.15, 0.2) is 30.3 Å². The zero-order valence-electron chi connectivity index (χ0n) is 10.7. The summed E-state index contributed by atoms with van der Waals surface area (Å²) in [5.41, 5.74) is 0.820. The van der Waals surface area contributed by atoms with E-state index in [1.165, 1.54) is 11.0 Å². The van der Waals surface area contributed by atoms with Gasteiger partial charge in [0, 0.05) is 19.2 Å². The number of piperazine rings is 1. The van der Waals surface area contributed by atoms with Gasteiger partial charge in [-0.15, -0.1) is 0 Å². The maximum absolute atomic E-state index is 12.0. The highest BCUT2D eigenvalue weighted by Crippen LogP contribution is 2.11. The molecule has 0 bridgehead atoms. The lowest BCUT2D eigenvalue weighted by Crippen LogP contribution is -2.55. The summed E-state index contributed by atoms with van der Waals surface area (Å²) in [6.45, 7) is 2.72. The Morgan fingerprint density at radius 2 is 2.11 bits per heavy atom. The molecule has 0 aromatic heterocycles. The SMILES string of the molecule is CC1C(=O)NCCN1C(=O)C=Cc1ccc(O)cc1. The molecule has 2 amide bonds. The number of amides is 2. The van der Waals surface area contributed by atoms with Gasteiger partial charge < -0.3 is 15.3 Å². The number of nitrogens with zero attached hydrogens (tertiary/aromatic N) is 1. The van der Waals surface area contributed by atoms with Gasteiger partial charge in [0.25, 0.3) is 0 Å². The minimum atomic E-state index is -0.439. The van der Waals surface area contributed by atoms with Gasteiger partial charge in [-0.2, -0.15) is 0 Å². The summed E-state index contributed by atoms with van der Waals surface area (Å²) < 4.78 is 0. The Bertz CT molecular complexity index is 508. The highest BCUT2D eigenvalue weighted by atomic mass is 16.3. The van der Waals surface area contributed by atoms with E-state index in [9.17, 15) is 9.59 Å². The molecule has 1 aliphatic heterocycles. The Morgan fingerprint density at radius 3 is 2.79 bits per heavy atom. The maximum atomic E-state index is 12.0. The Labute approximate surface area is 111 Å². The van der Waals surface area contributed by atoms with Crippen molar-refractivity contribution >= 4 is 17.9 Å². The first kappa shape index (κ1) is 13.1. The van der Waals surface area contributed by atoms with Gasteiger partial charge in [0.15, 0.2) is 0 Å². The van der Waals surface area contributed by atoms with Crippen molar-refractivity contribution in [3.63, 3.8) is 0 Å². The van der Waals surface area contributed by atoms with Crippen LogP contribution in [-0.2, 0) is 9.59 Å². The van der Waals surface area contributed by atoms with Crippen molar-refractivity contribution in [3.8, 4) is 5.75 Å². The molecule has 1 aromatic carbocycles. The Balaban J connectivity index is 2.04. The number of benzene rings is 1. The third-order valence-electron chi connectivity index (χ3n) is 3.09. The monoisotopic (exact) mass is 260 g/mol. The average Bonchev–Trinajstić information content (AvgIpc) is 2.41. The Hall–Kier alpha value is -2.30. The molecule has 1 aliphatic rings. The second-order valence-corrected chi connectivity index (χ2v) is 4.42. The third-order valence-corrected chi connectivity index (χ3v) is 3.09. The highest BCUT2D eigenvalue weighted by Gasteiger charge is 2.27. The smallest absolute Gasteiger partial charge is 0.247 e. The van der Waals surface area contributed by atoms with Gasteiger partial charge >= 0.3 is 0 Å². The molecular formula is C14H16N2O3. The van der Waals surface area contributed by atoms with Crippen molar-refractivity contribution in [2.75, 3.05) is 13.1 Å². The van der Waals surface area contributed by atoms with Crippen molar-refractivity contribution in [1.29, 1.82) is 0 Å². The van der Waals surface area contributed by atoms with E-state index in [2.05, 4.69) is 5.32 Å². The van der Waals surface area contributed by atoms with Crippen LogP contribution < -0.4 is 5.32 Å². The highest BCUT2D eigenvalue weighted by molar-refractivity contribution is 5.96. The van der Waals surface area contributed by atoms with Gasteiger partial charge in [-0.05, 0) is 30.7 Å². The average molecular weight is 260 g/mol. The fraction of sp³-hybridized carbons (Fsp3) is 0.286. The van der Waals surface area contributed by atoms with E-state index in [0.717, 1.165) is 5.56 Å². The molecule has 0 radical (unpaired) electrons. The molecule has 1 aromatic rings. The lowest BCUT2D eigenvalue weighted by Gasteiger charge is -2.31. The van der Waals surface area contributed by atoms with Gasteiger partial charge in [0.2, 0.25) is 11.8 Å². The summed E-state index contributed by atoms with van der Waals surface area (Å²) in [6, 6.07) is 6.10. The van der Waals surface area contributed by atoms with Crippen molar-refractivity contribution in [2.45, 2.75) is 13.0 Å². The van der Waals surface area contributed by atoms with Crippen molar-refractivity contribution in [1.82, 2.24) is 10.2 Å². The van der Waals surface area contributed by atoms with E-state index < -0.39 is 6.04 Å². The molecule has 5 nitrogen and oxygen atoms in total. The standard InChI is InChI=1S/C14H16N2O3/c1-10-14(19)15-8-9-16(10)13(18)7-4-11-2-5-12(17)6-3-11/h2-7,10,17H,8-9H2,1H3,(H,15,19). The normalized spacial score (nSPS) is 19.5. The molecule has 0 spiro atoms. The van der Waals surface area contributed by atoms with Crippen LogP contribution in [0.3, 0.4) is 0 Å². The summed E-state index contributed by atoms with van der Waals surface area (Å²) in [5, 5.41) is 11.9. The molecule has 2 rings (SSSR count). The van der Waals surface area contributed by atoms with Gasteiger partial charge in [-0.3, -0.25) is 9.59 Å². The number of rotatable bonds is 2. The predicted octanol–water partition coefficient (Wildman–Crippen LogP) is 0.752. The minimum absolute atomic E-state index is 0.127. The third kappa shape index (κ3) is 3.13. The van der Waals surface area contributed by atoms with Crippen molar-refractivity contribution in [2.24, 2.45) is 0 Å². The van der Waals surface area contributed by atoms with E-state index in [-0.39, 0.29) is 17.6 Å². The van der Waals surface area contributed by atoms with E-state index in [1.807, 2.05) is 0 Å². The Kier molecular flexibility index (Phi) is 3.85. The molecule has 5 heteroatoms. The molecule has 19 heavy (non-hydrogen) atoms. The molecule has 1 unspecified atom stereocenters. The van der Waals surface area contributed by atoms with Crippen LogP contribution in [0, 0.1) is 0 Å². The van der Waals surface area contributed by atoms with Gasteiger partial charge in [0.05, 0.1) is 0 Å². The first-order valence-corrected chi connectivity index (χ1v) is 6.13.